The summed E-state index contributed by atoms with van der Waals surface area (Å²) in [6.07, 6.45) is 0. The Labute approximate surface area is 290 Å². The molecule has 0 saturated carbocycles. The Balaban J connectivity index is 1.22. The summed E-state index contributed by atoms with van der Waals surface area (Å²) in [5.74, 6) is 1.98. The highest BCUT2D eigenvalue weighted by atomic mass is 28.3. The van der Waals surface area contributed by atoms with Crippen LogP contribution >= 0.6 is 0 Å². The third kappa shape index (κ3) is 5.52. The Morgan fingerprint density at radius 3 is 1.37 bits per heavy atom. The molecule has 238 valence electrons. The molecule has 0 aliphatic heterocycles. The van der Waals surface area contributed by atoms with Crippen LogP contribution in [0.15, 0.2) is 146 Å². The fourth-order valence-electron chi connectivity index (χ4n) is 7.53. The highest BCUT2D eigenvalue weighted by Crippen LogP contribution is 2.52. The number of aromatic nitrogens is 3. The Morgan fingerprint density at radius 1 is 0.388 bits per heavy atom. The van der Waals surface area contributed by atoms with E-state index in [1.54, 1.807) is 5.19 Å². The van der Waals surface area contributed by atoms with Crippen LogP contribution in [0.1, 0.15) is 25.0 Å². The first-order valence-corrected chi connectivity index (χ1v) is 20.5. The Hall–Kier alpha value is -5.45. The van der Waals surface area contributed by atoms with Gasteiger partial charge in [0.05, 0.1) is 8.07 Å². The van der Waals surface area contributed by atoms with Gasteiger partial charge in [-0.1, -0.05) is 172 Å². The van der Waals surface area contributed by atoms with Crippen molar-refractivity contribution in [1.82, 2.24) is 15.0 Å². The van der Waals surface area contributed by atoms with Crippen LogP contribution < -0.4 is 5.19 Å². The molecule has 6 aromatic carbocycles. The fraction of sp³-hybridized carbons (Fsp3) is 0.133. The van der Waals surface area contributed by atoms with Gasteiger partial charge in [0, 0.05) is 22.1 Å². The minimum Gasteiger partial charge on any atom is -0.208 e. The van der Waals surface area contributed by atoms with Gasteiger partial charge in [-0.3, -0.25) is 0 Å². The van der Waals surface area contributed by atoms with E-state index in [0.29, 0.717) is 17.5 Å². The van der Waals surface area contributed by atoms with E-state index in [4.69, 9.17) is 15.0 Å². The minimum atomic E-state index is -1.56. The molecule has 0 bridgehead atoms. The minimum absolute atomic E-state index is 0.0976. The first-order chi connectivity index (χ1) is 23.7. The summed E-state index contributed by atoms with van der Waals surface area (Å²) in [7, 11) is -1.56. The summed E-state index contributed by atoms with van der Waals surface area (Å²) in [6, 6.07) is 51.6. The van der Waals surface area contributed by atoms with Crippen LogP contribution in [0.4, 0.5) is 0 Å². The molecule has 4 heteroatoms. The van der Waals surface area contributed by atoms with Crippen LogP contribution in [0.2, 0.25) is 19.6 Å². The average Bonchev–Trinajstić information content (AvgIpc) is 3.38. The molecule has 0 fully saturated rings. The van der Waals surface area contributed by atoms with Crippen LogP contribution in [0.5, 0.6) is 0 Å². The van der Waals surface area contributed by atoms with Gasteiger partial charge < -0.3 is 0 Å². The van der Waals surface area contributed by atoms with E-state index in [-0.39, 0.29) is 5.41 Å². The zero-order valence-electron chi connectivity index (χ0n) is 28.7. The summed E-state index contributed by atoms with van der Waals surface area (Å²) in [6.45, 7) is 12.2. The SMILES string of the molecule is CC1(C)c2c(-c3cccc(-c4cccc(-c5nc(-c6ccccc6)nc(-c6ccccc6)n5)c4)c3)cccc2-c2cccc([Si](C)(C)C)c21. The van der Waals surface area contributed by atoms with Gasteiger partial charge in [-0.05, 0) is 56.6 Å². The van der Waals surface area contributed by atoms with Crippen molar-refractivity contribution < 1.29 is 0 Å². The number of benzene rings is 6. The van der Waals surface area contributed by atoms with Gasteiger partial charge >= 0.3 is 0 Å². The van der Waals surface area contributed by atoms with E-state index in [9.17, 15) is 0 Å². The van der Waals surface area contributed by atoms with E-state index >= 15 is 0 Å². The maximum atomic E-state index is 4.98. The topological polar surface area (TPSA) is 38.7 Å². The van der Waals surface area contributed by atoms with Gasteiger partial charge in [0.2, 0.25) is 0 Å². The number of nitrogens with zero attached hydrogens (tertiary/aromatic N) is 3. The highest BCUT2D eigenvalue weighted by Gasteiger charge is 2.41. The lowest BCUT2D eigenvalue weighted by Gasteiger charge is -2.30. The third-order valence-electron chi connectivity index (χ3n) is 9.80. The fourth-order valence-corrected chi connectivity index (χ4v) is 9.33. The molecule has 0 spiro atoms. The van der Waals surface area contributed by atoms with Gasteiger partial charge in [-0.25, -0.2) is 15.0 Å². The molecule has 0 amide bonds. The zero-order valence-corrected chi connectivity index (χ0v) is 29.7. The smallest absolute Gasteiger partial charge is 0.164 e. The summed E-state index contributed by atoms with van der Waals surface area (Å²) < 4.78 is 0. The van der Waals surface area contributed by atoms with Crippen molar-refractivity contribution in [2.75, 3.05) is 0 Å². The lowest BCUT2D eigenvalue weighted by molar-refractivity contribution is 0.665. The van der Waals surface area contributed by atoms with Crippen molar-refractivity contribution in [3.63, 3.8) is 0 Å². The van der Waals surface area contributed by atoms with Crippen LogP contribution in [0, 0.1) is 0 Å². The van der Waals surface area contributed by atoms with Crippen molar-refractivity contribution in [3.8, 4) is 67.5 Å². The second-order valence-corrected chi connectivity index (χ2v) is 19.6. The molecule has 0 N–H and O–H groups in total. The maximum absolute atomic E-state index is 4.98. The molecule has 0 saturated heterocycles. The molecule has 1 heterocycles. The Bertz CT molecular complexity index is 2280. The monoisotopic (exact) mass is 649 g/mol. The largest absolute Gasteiger partial charge is 0.208 e. The quantitative estimate of drug-likeness (QED) is 0.168. The zero-order chi connectivity index (χ0) is 33.8. The summed E-state index contributed by atoms with van der Waals surface area (Å²) in [4.78, 5) is 14.8. The number of fused-ring (bicyclic) bond motifs is 3. The molecular formula is C45H39N3Si. The van der Waals surface area contributed by atoms with Crippen LogP contribution in [-0.4, -0.2) is 23.0 Å². The van der Waals surface area contributed by atoms with Gasteiger partial charge in [-0.2, -0.15) is 0 Å². The molecule has 3 nitrogen and oxygen atoms in total. The lowest BCUT2D eigenvalue weighted by atomic mass is 9.78. The van der Waals surface area contributed by atoms with Crippen LogP contribution in [0.3, 0.4) is 0 Å². The average molecular weight is 650 g/mol. The van der Waals surface area contributed by atoms with Crippen molar-refractivity contribution in [2.45, 2.75) is 38.9 Å². The third-order valence-corrected chi connectivity index (χ3v) is 11.8. The van der Waals surface area contributed by atoms with Crippen molar-refractivity contribution in [2.24, 2.45) is 0 Å². The maximum Gasteiger partial charge on any atom is 0.164 e. The van der Waals surface area contributed by atoms with Crippen LogP contribution in [-0.2, 0) is 5.41 Å². The molecule has 0 unspecified atom stereocenters. The molecule has 1 aromatic heterocycles. The summed E-state index contributed by atoms with van der Waals surface area (Å²) >= 11 is 0. The number of hydrogen-bond donors (Lipinski definition) is 0. The first kappa shape index (κ1) is 30.9. The molecule has 49 heavy (non-hydrogen) atoms. The van der Waals surface area contributed by atoms with Crippen LogP contribution in [0.25, 0.3) is 67.5 Å². The van der Waals surface area contributed by atoms with Crippen molar-refractivity contribution >= 4 is 13.3 Å². The standard InChI is InChI=1S/C45H39N3Si/c1-45(2)40-36(24-14-25-37(40)38-26-15-27-39(41(38)45)49(3,4)5)34-22-12-20-32(28-34)33-21-13-23-35(29-33)44-47-42(30-16-8-6-9-17-30)46-43(48-44)31-18-10-7-11-19-31/h6-29H,1-5H3. The van der Waals surface area contributed by atoms with E-state index in [1.165, 1.54) is 33.4 Å². The van der Waals surface area contributed by atoms with Crippen molar-refractivity contribution in [1.29, 1.82) is 0 Å². The predicted octanol–water partition coefficient (Wildman–Crippen LogP) is 11.1. The second kappa shape index (κ2) is 11.9. The lowest BCUT2D eigenvalue weighted by Crippen LogP contribution is -2.43. The second-order valence-electron chi connectivity index (χ2n) is 14.5. The molecule has 0 radical (unpaired) electrons. The van der Waals surface area contributed by atoms with E-state index in [0.717, 1.165) is 27.8 Å². The Morgan fingerprint density at radius 2 is 0.796 bits per heavy atom. The van der Waals surface area contributed by atoms with Crippen molar-refractivity contribution in [3.05, 3.63) is 157 Å². The van der Waals surface area contributed by atoms with E-state index in [2.05, 4.69) is 118 Å². The number of hydrogen-bond acceptors (Lipinski definition) is 3. The molecule has 1 aliphatic rings. The molecule has 0 atom stereocenters. The van der Waals surface area contributed by atoms with E-state index < -0.39 is 8.07 Å². The van der Waals surface area contributed by atoms with Gasteiger partial charge in [0.1, 0.15) is 0 Å². The summed E-state index contributed by atoms with van der Waals surface area (Å²) in [5, 5.41) is 1.56. The van der Waals surface area contributed by atoms with Gasteiger partial charge in [-0.15, -0.1) is 0 Å². The van der Waals surface area contributed by atoms with Gasteiger partial charge in [0.15, 0.2) is 17.5 Å². The number of rotatable bonds is 6. The molecular weight excluding hydrogens is 611 g/mol. The van der Waals surface area contributed by atoms with E-state index in [1.807, 2.05) is 60.7 Å². The first-order valence-electron chi connectivity index (χ1n) is 17.0. The molecule has 1 aliphatic carbocycles. The Kier molecular flexibility index (Phi) is 7.50. The highest BCUT2D eigenvalue weighted by molar-refractivity contribution is 6.89. The molecule has 8 rings (SSSR count). The normalized spacial score (nSPS) is 13.2. The molecule has 7 aromatic rings. The predicted molar refractivity (Wildman–Crippen MR) is 208 cm³/mol. The van der Waals surface area contributed by atoms with Gasteiger partial charge in [0.25, 0.3) is 0 Å². The summed E-state index contributed by atoms with van der Waals surface area (Å²) in [5.41, 5.74) is 13.3.